The summed E-state index contributed by atoms with van der Waals surface area (Å²) in [5, 5.41) is 4.44. The first kappa shape index (κ1) is 28.7. The van der Waals surface area contributed by atoms with Crippen LogP contribution in [0, 0.1) is 5.82 Å². The molecule has 1 amide bonds. The SMILES string of the molecule is O=C(CNCCCCCOc1ccc(F)cc1)N1CCc2nc(SC3CCC3)n(-c3ccccc3S)c(=O)c2C1. The third-order valence-electron chi connectivity index (χ3n) is 7.36. The van der Waals surface area contributed by atoms with Crippen LogP contribution < -0.4 is 15.6 Å². The molecule has 2 aromatic carbocycles. The summed E-state index contributed by atoms with van der Waals surface area (Å²) in [7, 11) is 0. The third kappa shape index (κ3) is 7.08. The average Bonchev–Trinajstić information content (AvgIpc) is 2.93. The standard InChI is InChI=1S/C30H35FN4O3S2/c31-21-11-13-22(14-12-21)38-18-5-1-4-16-32-19-28(36)34-17-15-25-24(20-34)29(37)35(26-9-2-3-10-27(26)39)30(33-25)40-23-7-6-8-23/h2-3,9-14,23,32,39H,1,4-8,15-20H2. The molecule has 1 saturated carbocycles. The molecular formula is C30H35FN4O3S2. The zero-order chi connectivity index (χ0) is 27.9. The highest BCUT2D eigenvalue weighted by molar-refractivity contribution is 7.99. The van der Waals surface area contributed by atoms with Crippen molar-refractivity contribution >= 4 is 30.3 Å². The molecule has 1 N–H and O–H groups in total. The zero-order valence-electron chi connectivity index (χ0n) is 22.5. The molecule has 5 rings (SSSR count). The van der Waals surface area contributed by atoms with Crippen LogP contribution in [-0.2, 0) is 17.8 Å². The minimum absolute atomic E-state index is 0.0150. The van der Waals surface area contributed by atoms with Crippen LogP contribution in [0.25, 0.3) is 5.69 Å². The number of aromatic nitrogens is 2. The number of benzene rings is 2. The van der Waals surface area contributed by atoms with E-state index in [0.717, 1.165) is 60.1 Å². The van der Waals surface area contributed by atoms with Crippen molar-refractivity contribution in [2.45, 2.75) is 66.8 Å². The van der Waals surface area contributed by atoms with Gasteiger partial charge < -0.3 is 15.0 Å². The molecule has 0 atom stereocenters. The number of nitrogens with zero attached hydrogens (tertiary/aromatic N) is 3. The molecule has 2 heterocycles. The van der Waals surface area contributed by atoms with Gasteiger partial charge in [-0.15, -0.1) is 12.6 Å². The topological polar surface area (TPSA) is 76.5 Å². The smallest absolute Gasteiger partial charge is 0.264 e. The van der Waals surface area contributed by atoms with Gasteiger partial charge in [0.05, 0.1) is 36.6 Å². The fourth-order valence-corrected chi connectivity index (χ4v) is 6.38. The van der Waals surface area contributed by atoms with Crippen LogP contribution in [0.5, 0.6) is 5.75 Å². The molecule has 0 saturated heterocycles. The number of unbranched alkanes of at least 4 members (excludes halogenated alkanes) is 2. The largest absolute Gasteiger partial charge is 0.494 e. The Morgan fingerprint density at radius 3 is 2.67 bits per heavy atom. The number of hydrogen-bond donors (Lipinski definition) is 2. The number of para-hydroxylation sites is 1. The number of amides is 1. The Hall–Kier alpha value is -2.82. The maximum atomic E-state index is 13.8. The van der Waals surface area contributed by atoms with Gasteiger partial charge in [-0.3, -0.25) is 14.2 Å². The number of carbonyl (C=O) groups excluding carboxylic acids is 1. The number of halogens is 1. The van der Waals surface area contributed by atoms with Gasteiger partial charge in [-0.25, -0.2) is 9.37 Å². The van der Waals surface area contributed by atoms with E-state index < -0.39 is 0 Å². The van der Waals surface area contributed by atoms with Crippen LogP contribution in [0.4, 0.5) is 4.39 Å². The summed E-state index contributed by atoms with van der Waals surface area (Å²) in [6.07, 6.45) is 6.82. The number of rotatable bonds is 12. The Kier molecular flexibility index (Phi) is 9.83. The number of fused-ring (bicyclic) bond motifs is 1. The lowest BCUT2D eigenvalue weighted by Gasteiger charge is -2.30. The van der Waals surface area contributed by atoms with Crippen LogP contribution in [-0.4, -0.2) is 51.8 Å². The molecular weight excluding hydrogens is 547 g/mol. The molecule has 10 heteroatoms. The van der Waals surface area contributed by atoms with E-state index in [2.05, 4.69) is 17.9 Å². The van der Waals surface area contributed by atoms with Crippen molar-refractivity contribution in [3.8, 4) is 11.4 Å². The second-order valence-corrected chi connectivity index (χ2v) is 12.0. The number of nitrogens with one attached hydrogen (secondary N) is 1. The molecule has 7 nitrogen and oxygen atoms in total. The van der Waals surface area contributed by atoms with E-state index in [9.17, 15) is 14.0 Å². The summed E-state index contributed by atoms with van der Waals surface area (Å²) in [6.45, 7) is 2.36. The van der Waals surface area contributed by atoms with Gasteiger partial charge in [0.25, 0.3) is 5.56 Å². The molecule has 40 heavy (non-hydrogen) atoms. The maximum absolute atomic E-state index is 13.8. The minimum Gasteiger partial charge on any atom is -0.494 e. The average molecular weight is 583 g/mol. The molecule has 0 radical (unpaired) electrons. The van der Waals surface area contributed by atoms with Gasteiger partial charge in [0, 0.05) is 23.1 Å². The van der Waals surface area contributed by atoms with Crippen LogP contribution in [0.2, 0.25) is 0 Å². The zero-order valence-corrected chi connectivity index (χ0v) is 24.2. The molecule has 1 aliphatic heterocycles. The fraction of sp³-hybridized carbons (Fsp3) is 0.433. The summed E-state index contributed by atoms with van der Waals surface area (Å²) < 4.78 is 20.3. The van der Waals surface area contributed by atoms with E-state index in [0.29, 0.717) is 36.1 Å². The predicted molar refractivity (Wildman–Crippen MR) is 158 cm³/mol. The van der Waals surface area contributed by atoms with Crippen LogP contribution in [0.3, 0.4) is 0 Å². The van der Waals surface area contributed by atoms with Crippen molar-refractivity contribution in [3.63, 3.8) is 0 Å². The number of thioether (sulfide) groups is 1. The molecule has 0 bridgehead atoms. The van der Waals surface area contributed by atoms with E-state index in [4.69, 9.17) is 9.72 Å². The first-order valence-corrected chi connectivity index (χ1v) is 15.3. The Morgan fingerprint density at radius 2 is 1.93 bits per heavy atom. The monoisotopic (exact) mass is 582 g/mol. The highest BCUT2D eigenvalue weighted by Gasteiger charge is 2.29. The lowest BCUT2D eigenvalue weighted by atomic mass is 10.0. The van der Waals surface area contributed by atoms with Crippen molar-refractivity contribution in [3.05, 3.63) is 76.0 Å². The second-order valence-electron chi connectivity index (χ2n) is 10.2. The summed E-state index contributed by atoms with van der Waals surface area (Å²) in [6, 6.07) is 13.6. The maximum Gasteiger partial charge on any atom is 0.264 e. The van der Waals surface area contributed by atoms with Crippen molar-refractivity contribution in [2.75, 3.05) is 26.2 Å². The van der Waals surface area contributed by atoms with Gasteiger partial charge >= 0.3 is 0 Å². The number of ether oxygens (including phenoxy) is 1. The summed E-state index contributed by atoms with van der Waals surface area (Å²) in [5.74, 6) is 0.374. The van der Waals surface area contributed by atoms with Crippen LogP contribution >= 0.6 is 24.4 Å². The Bertz CT molecular complexity index is 1380. The van der Waals surface area contributed by atoms with E-state index in [1.807, 2.05) is 24.3 Å². The van der Waals surface area contributed by atoms with Gasteiger partial charge in [0.1, 0.15) is 11.6 Å². The van der Waals surface area contributed by atoms with E-state index in [1.54, 1.807) is 33.4 Å². The summed E-state index contributed by atoms with van der Waals surface area (Å²) in [5.41, 5.74) is 2.01. The molecule has 1 aromatic heterocycles. The molecule has 3 aromatic rings. The Labute approximate surface area is 243 Å². The molecule has 2 aliphatic rings. The fourth-order valence-electron chi connectivity index (χ4n) is 4.81. The normalized spacial score (nSPS) is 15.0. The second kappa shape index (κ2) is 13.7. The highest BCUT2D eigenvalue weighted by atomic mass is 32.2. The van der Waals surface area contributed by atoms with Crippen LogP contribution in [0.15, 0.2) is 63.4 Å². The quantitative estimate of drug-likeness (QED) is 0.177. The number of hydrogen-bond acceptors (Lipinski definition) is 7. The van der Waals surface area contributed by atoms with Crippen LogP contribution in [0.1, 0.15) is 49.8 Å². The van der Waals surface area contributed by atoms with Gasteiger partial charge in [0.2, 0.25) is 5.91 Å². The van der Waals surface area contributed by atoms with Gasteiger partial charge in [0.15, 0.2) is 5.16 Å². The predicted octanol–water partition coefficient (Wildman–Crippen LogP) is 5.03. The molecule has 1 fully saturated rings. The summed E-state index contributed by atoms with van der Waals surface area (Å²) in [4.78, 5) is 34.2. The molecule has 0 unspecified atom stereocenters. The minimum atomic E-state index is -0.276. The molecule has 212 valence electrons. The van der Waals surface area contributed by atoms with Gasteiger partial charge in [-0.2, -0.15) is 0 Å². The first-order chi connectivity index (χ1) is 19.5. The lowest BCUT2D eigenvalue weighted by molar-refractivity contribution is -0.131. The van der Waals surface area contributed by atoms with E-state index in [-0.39, 0.29) is 30.4 Å². The number of carbonyl (C=O) groups is 1. The third-order valence-corrected chi connectivity index (χ3v) is 9.02. The Morgan fingerprint density at radius 1 is 1.12 bits per heavy atom. The van der Waals surface area contributed by atoms with E-state index >= 15 is 0 Å². The van der Waals surface area contributed by atoms with Crippen molar-refractivity contribution in [1.29, 1.82) is 0 Å². The van der Waals surface area contributed by atoms with Gasteiger partial charge in [-0.05, 0) is 75.0 Å². The lowest BCUT2D eigenvalue weighted by Crippen LogP contribution is -2.44. The van der Waals surface area contributed by atoms with Gasteiger partial charge in [-0.1, -0.05) is 30.3 Å². The molecule has 0 spiro atoms. The van der Waals surface area contributed by atoms with Crippen molar-refractivity contribution in [2.24, 2.45) is 0 Å². The van der Waals surface area contributed by atoms with E-state index in [1.165, 1.54) is 18.6 Å². The molecule has 1 aliphatic carbocycles. The van der Waals surface area contributed by atoms with Crippen molar-refractivity contribution in [1.82, 2.24) is 19.8 Å². The van der Waals surface area contributed by atoms with Crippen molar-refractivity contribution < 1.29 is 13.9 Å². The number of thiol groups is 1. The first-order valence-electron chi connectivity index (χ1n) is 14.0. The highest BCUT2D eigenvalue weighted by Crippen LogP contribution is 2.37. The Balaban J connectivity index is 1.14. The summed E-state index contributed by atoms with van der Waals surface area (Å²) >= 11 is 6.29.